The fourth-order valence-corrected chi connectivity index (χ4v) is 4.67. The van der Waals surface area contributed by atoms with Crippen LogP contribution in [0.2, 0.25) is 5.02 Å². The van der Waals surface area contributed by atoms with Crippen LogP contribution in [0.4, 0.5) is 8.78 Å². The summed E-state index contributed by atoms with van der Waals surface area (Å²) in [5.74, 6) is 0. The summed E-state index contributed by atoms with van der Waals surface area (Å²) in [4.78, 5) is 4.15. The maximum absolute atomic E-state index is 15.4. The summed E-state index contributed by atoms with van der Waals surface area (Å²) in [7, 11) is -4.79. The number of pyridine rings is 1. The highest BCUT2D eigenvalue weighted by atomic mass is 35.5. The molecule has 3 rings (SSSR count). The third-order valence-electron chi connectivity index (χ3n) is 4.14. The molecule has 144 valence electrons. The molecule has 8 heteroatoms. The standard InChI is InChI=1S/C19H19ClF2NO3P/c1-4-25-27(24,26-5-2)19(21,22)18-16-11-13(20)7-8-14(16)15-10-12(3)6-9-17(15)23-18/h6-11H,4-5H2,1-3H3. The van der Waals surface area contributed by atoms with Gasteiger partial charge in [0.15, 0.2) is 0 Å². The Morgan fingerprint density at radius 1 is 1.04 bits per heavy atom. The largest absolute Gasteiger partial charge is 0.406 e. The van der Waals surface area contributed by atoms with E-state index in [9.17, 15) is 4.57 Å². The first-order chi connectivity index (χ1) is 12.7. The lowest BCUT2D eigenvalue weighted by Crippen LogP contribution is -2.20. The Morgan fingerprint density at radius 2 is 1.70 bits per heavy atom. The van der Waals surface area contributed by atoms with E-state index < -0.39 is 19.0 Å². The van der Waals surface area contributed by atoms with Gasteiger partial charge in [0.2, 0.25) is 0 Å². The molecule has 3 aromatic rings. The molecule has 0 saturated heterocycles. The Morgan fingerprint density at radius 3 is 2.33 bits per heavy atom. The van der Waals surface area contributed by atoms with Gasteiger partial charge in [-0.05, 0) is 50.4 Å². The Bertz CT molecular complexity index is 1050. The van der Waals surface area contributed by atoms with Crippen molar-refractivity contribution in [2.75, 3.05) is 13.2 Å². The van der Waals surface area contributed by atoms with Gasteiger partial charge in [0.1, 0.15) is 5.69 Å². The number of benzene rings is 2. The molecule has 0 unspecified atom stereocenters. The monoisotopic (exact) mass is 413 g/mol. The predicted molar refractivity (Wildman–Crippen MR) is 104 cm³/mol. The number of rotatable bonds is 6. The first-order valence-electron chi connectivity index (χ1n) is 8.50. The molecule has 0 bridgehead atoms. The van der Waals surface area contributed by atoms with Crippen LogP contribution in [0, 0.1) is 6.92 Å². The molecule has 0 N–H and O–H groups in total. The van der Waals surface area contributed by atoms with Gasteiger partial charge in [0.05, 0.1) is 18.7 Å². The van der Waals surface area contributed by atoms with Crippen LogP contribution in [-0.4, -0.2) is 18.2 Å². The molecule has 1 aromatic heterocycles. The quantitative estimate of drug-likeness (QED) is 0.334. The van der Waals surface area contributed by atoms with Gasteiger partial charge in [0, 0.05) is 15.8 Å². The summed E-state index contributed by atoms with van der Waals surface area (Å²) in [6.07, 6.45) is 0. The number of nitrogens with zero attached hydrogens (tertiary/aromatic N) is 1. The molecule has 27 heavy (non-hydrogen) atoms. The predicted octanol–water partition coefficient (Wildman–Crippen LogP) is 6.67. The molecule has 0 aliphatic heterocycles. The highest BCUT2D eigenvalue weighted by molar-refractivity contribution is 7.54. The van der Waals surface area contributed by atoms with Crippen molar-refractivity contribution in [1.82, 2.24) is 4.98 Å². The molecule has 0 amide bonds. The van der Waals surface area contributed by atoms with Gasteiger partial charge in [-0.2, -0.15) is 8.78 Å². The third kappa shape index (κ3) is 3.47. The number of aryl methyl sites for hydroxylation is 1. The summed E-state index contributed by atoms with van der Waals surface area (Å²) in [6.45, 7) is 4.50. The van der Waals surface area contributed by atoms with Crippen molar-refractivity contribution in [1.29, 1.82) is 0 Å². The second kappa shape index (κ2) is 7.44. The maximum Gasteiger partial charge on any atom is 0.406 e. The highest BCUT2D eigenvalue weighted by Gasteiger charge is 2.57. The molecule has 0 radical (unpaired) electrons. The van der Waals surface area contributed by atoms with Crippen LogP contribution in [0.3, 0.4) is 0 Å². The molecule has 0 aliphatic carbocycles. The number of hydrogen-bond acceptors (Lipinski definition) is 4. The number of alkyl halides is 2. The normalized spacial score (nSPS) is 12.8. The Labute approximate surface area is 161 Å². The molecule has 0 spiro atoms. The fraction of sp³-hybridized carbons (Fsp3) is 0.316. The smallest absolute Gasteiger partial charge is 0.304 e. The van der Waals surface area contributed by atoms with Gasteiger partial charge < -0.3 is 9.05 Å². The van der Waals surface area contributed by atoms with E-state index in [1.54, 1.807) is 24.3 Å². The molecule has 0 saturated carbocycles. The molecule has 0 fully saturated rings. The van der Waals surface area contributed by atoms with Crippen molar-refractivity contribution in [2.45, 2.75) is 26.4 Å². The summed E-state index contributed by atoms with van der Waals surface area (Å²) < 4.78 is 53.6. The van der Waals surface area contributed by atoms with Crippen LogP contribution in [0.25, 0.3) is 21.7 Å². The highest BCUT2D eigenvalue weighted by Crippen LogP contribution is 2.67. The van der Waals surface area contributed by atoms with Crippen LogP contribution in [-0.2, 0) is 19.3 Å². The van der Waals surface area contributed by atoms with Crippen molar-refractivity contribution in [3.05, 3.63) is 52.7 Å². The Balaban J connectivity index is 2.39. The van der Waals surface area contributed by atoms with Crippen molar-refractivity contribution < 1.29 is 22.4 Å². The van der Waals surface area contributed by atoms with Crippen LogP contribution < -0.4 is 0 Å². The molecule has 0 aliphatic rings. The Hall–Kier alpha value is -1.59. The number of aromatic nitrogens is 1. The zero-order chi connectivity index (χ0) is 19.8. The second-order valence-corrected chi connectivity index (χ2v) is 8.55. The van der Waals surface area contributed by atoms with E-state index in [0.717, 1.165) is 5.56 Å². The number of halogens is 3. The average Bonchev–Trinajstić information content (AvgIpc) is 2.61. The first kappa shape index (κ1) is 20.2. The van der Waals surface area contributed by atoms with Gasteiger partial charge in [-0.15, -0.1) is 0 Å². The van der Waals surface area contributed by atoms with Gasteiger partial charge in [-0.3, -0.25) is 4.57 Å². The minimum atomic E-state index is -4.79. The minimum absolute atomic E-state index is 0.116. The zero-order valence-corrected chi connectivity index (χ0v) is 16.8. The topological polar surface area (TPSA) is 48.4 Å². The van der Waals surface area contributed by atoms with Crippen molar-refractivity contribution in [3.63, 3.8) is 0 Å². The van der Waals surface area contributed by atoms with Gasteiger partial charge >= 0.3 is 13.3 Å². The molecule has 1 heterocycles. The SMILES string of the molecule is CCOP(=O)(OCC)C(F)(F)c1nc2ccc(C)cc2c2ccc(Cl)cc12. The van der Waals surface area contributed by atoms with E-state index >= 15 is 8.78 Å². The van der Waals surface area contributed by atoms with Gasteiger partial charge in [0.25, 0.3) is 0 Å². The fourth-order valence-electron chi connectivity index (χ4n) is 2.99. The van der Waals surface area contributed by atoms with Crippen LogP contribution in [0.5, 0.6) is 0 Å². The van der Waals surface area contributed by atoms with Gasteiger partial charge in [-0.25, -0.2) is 4.98 Å². The summed E-state index contributed by atoms with van der Waals surface area (Å²) in [5, 5.41) is 1.65. The second-order valence-electron chi connectivity index (χ2n) is 6.05. The van der Waals surface area contributed by atoms with E-state index in [-0.39, 0.29) is 23.6 Å². The van der Waals surface area contributed by atoms with Crippen molar-refractivity contribution in [3.8, 4) is 0 Å². The molecule has 4 nitrogen and oxygen atoms in total. The Kier molecular flexibility index (Phi) is 5.55. The van der Waals surface area contributed by atoms with Gasteiger partial charge in [-0.1, -0.05) is 29.3 Å². The number of hydrogen-bond donors (Lipinski definition) is 0. The molecule has 0 atom stereocenters. The van der Waals surface area contributed by atoms with Crippen LogP contribution in [0.1, 0.15) is 25.1 Å². The maximum atomic E-state index is 15.4. The zero-order valence-electron chi connectivity index (χ0n) is 15.1. The first-order valence-corrected chi connectivity index (χ1v) is 10.4. The van der Waals surface area contributed by atoms with Crippen LogP contribution >= 0.6 is 19.2 Å². The van der Waals surface area contributed by atoms with E-state index in [1.165, 1.54) is 19.9 Å². The van der Waals surface area contributed by atoms with E-state index in [1.807, 2.05) is 13.0 Å². The lowest BCUT2D eigenvalue weighted by Gasteiger charge is -2.26. The minimum Gasteiger partial charge on any atom is -0.304 e. The van der Waals surface area contributed by atoms with Crippen molar-refractivity contribution in [2.24, 2.45) is 0 Å². The van der Waals surface area contributed by atoms with Crippen LogP contribution in [0.15, 0.2) is 36.4 Å². The third-order valence-corrected chi connectivity index (χ3v) is 6.47. The van der Waals surface area contributed by atoms with E-state index in [0.29, 0.717) is 16.3 Å². The summed E-state index contributed by atoms with van der Waals surface area (Å²) >= 11 is 6.06. The lowest BCUT2D eigenvalue weighted by molar-refractivity contribution is 0.0340. The average molecular weight is 414 g/mol. The number of fused-ring (bicyclic) bond motifs is 3. The molecular formula is C19H19ClF2NO3P. The van der Waals surface area contributed by atoms with E-state index in [4.69, 9.17) is 20.6 Å². The van der Waals surface area contributed by atoms with Crippen molar-refractivity contribution >= 4 is 40.9 Å². The molecule has 2 aromatic carbocycles. The summed E-state index contributed by atoms with van der Waals surface area (Å²) in [6, 6.07) is 9.99. The molecular weight excluding hydrogens is 395 g/mol. The summed E-state index contributed by atoms with van der Waals surface area (Å²) in [5.41, 5.74) is -3.28. The lowest BCUT2D eigenvalue weighted by atomic mass is 10.0. The van der Waals surface area contributed by atoms with E-state index in [2.05, 4.69) is 4.98 Å².